The number of aromatic nitrogens is 6. The number of tetrazole rings is 1. The first-order chi connectivity index (χ1) is 19.9. The van der Waals surface area contributed by atoms with Gasteiger partial charge in [-0.2, -0.15) is 4.68 Å². The first kappa shape index (κ1) is 28.1. The van der Waals surface area contributed by atoms with Crippen LogP contribution in [0.5, 0.6) is 0 Å². The molecular weight excluding hydrogens is 569 g/mol. The number of imidazole rings is 1. The van der Waals surface area contributed by atoms with Crippen LogP contribution in [0.1, 0.15) is 43.1 Å². The number of carbonyl (C=O) groups is 2. The molecule has 0 aliphatic carbocycles. The van der Waals surface area contributed by atoms with Gasteiger partial charge in [0.1, 0.15) is 23.0 Å². The topological polar surface area (TPSA) is 152 Å². The Morgan fingerprint density at radius 2 is 2.02 bits per heavy atom. The molecule has 2 bridgehead atoms. The zero-order valence-electron chi connectivity index (χ0n) is 22.0. The normalized spacial score (nSPS) is 15.2. The molecule has 3 heterocycles. The molecule has 2 aromatic carbocycles. The Balaban J connectivity index is 1.39. The van der Waals surface area contributed by atoms with E-state index < -0.39 is 12.1 Å². The molecule has 1 atom stereocenters. The number of ether oxygens (including phenoxy) is 1. The van der Waals surface area contributed by atoms with E-state index in [1.54, 1.807) is 30.3 Å². The van der Waals surface area contributed by atoms with Crippen molar-refractivity contribution < 1.29 is 14.3 Å². The fourth-order valence-electron chi connectivity index (χ4n) is 4.53. The molecule has 1 aliphatic rings. The highest BCUT2D eigenvalue weighted by atomic mass is 35.5. The number of halogens is 2. The number of aromatic amines is 1. The summed E-state index contributed by atoms with van der Waals surface area (Å²) in [5.74, 6) is 0.242. The number of hydrogen-bond donors (Lipinski definition) is 4. The highest BCUT2D eigenvalue weighted by molar-refractivity contribution is 6.32. The second-order valence-electron chi connectivity index (χ2n) is 9.29. The monoisotopic (exact) mass is 595 g/mol. The van der Waals surface area contributed by atoms with Gasteiger partial charge in [0.25, 0.3) is 0 Å². The molecule has 4 N–H and O–H groups in total. The average molecular weight is 596 g/mol. The Kier molecular flexibility index (Phi) is 8.80. The summed E-state index contributed by atoms with van der Waals surface area (Å²) in [5.41, 5.74) is 3.98. The number of fused-ring (bicyclic) bond motifs is 4. The van der Waals surface area contributed by atoms with E-state index in [0.717, 1.165) is 30.5 Å². The minimum absolute atomic E-state index is 0.306. The van der Waals surface area contributed by atoms with Crippen molar-refractivity contribution in [1.29, 1.82) is 0 Å². The molecule has 0 radical (unpaired) electrons. The van der Waals surface area contributed by atoms with Gasteiger partial charge < -0.3 is 20.4 Å². The van der Waals surface area contributed by atoms with Crippen molar-refractivity contribution in [1.82, 2.24) is 35.5 Å². The molecule has 2 aromatic heterocycles. The lowest BCUT2D eigenvalue weighted by molar-refractivity contribution is -0.117. The fourth-order valence-corrected chi connectivity index (χ4v) is 4.95. The number of anilines is 2. The van der Waals surface area contributed by atoms with Crippen LogP contribution < -0.4 is 16.0 Å². The maximum Gasteiger partial charge on any atom is 0.411 e. The maximum absolute atomic E-state index is 13.1. The number of carbonyl (C=O) groups excluding carboxylic acids is 2. The van der Waals surface area contributed by atoms with Crippen LogP contribution in [0.15, 0.2) is 48.8 Å². The Morgan fingerprint density at radius 1 is 1.15 bits per heavy atom. The molecular formula is C27H27Cl2N9O3. The van der Waals surface area contributed by atoms with Crippen molar-refractivity contribution in [3.8, 4) is 16.9 Å². The van der Waals surface area contributed by atoms with E-state index in [4.69, 9.17) is 32.9 Å². The summed E-state index contributed by atoms with van der Waals surface area (Å²) in [6.07, 6.45) is 7.39. The largest absolute Gasteiger partial charge is 0.453 e. The van der Waals surface area contributed by atoms with Crippen LogP contribution in [-0.4, -0.2) is 55.8 Å². The van der Waals surface area contributed by atoms with Gasteiger partial charge >= 0.3 is 6.09 Å². The zero-order chi connectivity index (χ0) is 28.8. The molecule has 0 saturated heterocycles. The molecule has 0 saturated carbocycles. The lowest BCUT2D eigenvalue weighted by Crippen LogP contribution is -2.28. The van der Waals surface area contributed by atoms with E-state index in [1.165, 1.54) is 24.2 Å². The molecule has 12 nitrogen and oxygen atoms in total. The Labute approximate surface area is 245 Å². The highest BCUT2D eigenvalue weighted by Crippen LogP contribution is 2.36. The van der Waals surface area contributed by atoms with Gasteiger partial charge in [-0.15, -0.1) is 5.10 Å². The number of benzene rings is 2. The standard InChI is InChI=1S/C27H27Cl2N9O3/c1-41-27(40)32-18-8-9-19-21(14-18)30-12-4-2-3-5-20(26-34-24(19)25(29)35-26)33-23(39)11-6-16-13-17(28)7-10-22(16)38-15-31-36-37-38/h6-11,13-15,20,30H,2-5,12H2,1H3,(H,32,40)(H,33,39)(H,34,35). The molecule has 0 fully saturated rings. The van der Waals surface area contributed by atoms with Gasteiger partial charge in [0, 0.05) is 40.1 Å². The lowest BCUT2D eigenvalue weighted by Gasteiger charge is -2.17. The number of methoxy groups -OCH3 is 1. The number of nitrogens with zero attached hydrogens (tertiary/aromatic N) is 5. The summed E-state index contributed by atoms with van der Waals surface area (Å²) in [6.45, 7) is 0.715. The van der Waals surface area contributed by atoms with E-state index in [9.17, 15) is 9.59 Å². The van der Waals surface area contributed by atoms with Crippen molar-refractivity contribution in [2.75, 3.05) is 24.3 Å². The lowest BCUT2D eigenvalue weighted by atomic mass is 10.1. The smallest absolute Gasteiger partial charge is 0.411 e. The van der Waals surface area contributed by atoms with Gasteiger partial charge in [-0.25, -0.2) is 9.78 Å². The summed E-state index contributed by atoms with van der Waals surface area (Å²) in [7, 11) is 1.31. The Hall–Kier alpha value is -4.42. The maximum atomic E-state index is 13.1. The van der Waals surface area contributed by atoms with Crippen LogP contribution >= 0.6 is 23.2 Å². The summed E-state index contributed by atoms with van der Waals surface area (Å²) in [5, 5.41) is 21.3. The Bertz CT molecular complexity index is 1570. The molecule has 212 valence electrons. The van der Waals surface area contributed by atoms with E-state index in [0.29, 0.717) is 51.6 Å². The average Bonchev–Trinajstić information content (AvgIpc) is 3.63. The highest BCUT2D eigenvalue weighted by Gasteiger charge is 2.22. The second kappa shape index (κ2) is 12.8. The van der Waals surface area contributed by atoms with Gasteiger partial charge in [0.15, 0.2) is 0 Å². The third-order valence-corrected chi connectivity index (χ3v) is 7.02. The molecule has 1 unspecified atom stereocenters. The van der Waals surface area contributed by atoms with E-state index in [1.807, 2.05) is 12.1 Å². The number of amides is 2. The predicted molar refractivity (Wildman–Crippen MR) is 156 cm³/mol. The van der Waals surface area contributed by atoms with Crippen molar-refractivity contribution in [2.24, 2.45) is 0 Å². The van der Waals surface area contributed by atoms with E-state index in [2.05, 4.69) is 36.5 Å². The Morgan fingerprint density at radius 3 is 2.83 bits per heavy atom. The number of hydrogen-bond acceptors (Lipinski definition) is 8. The van der Waals surface area contributed by atoms with Gasteiger partial charge in [0.2, 0.25) is 5.91 Å². The summed E-state index contributed by atoms with van der Waals surface area (Å²) < 4.78 is 6.20. The molecule has 0 spiro atoms. The van der Waals surface area contributed by atoms with Crippen LogP contribution in [0.25, 0.3) is 23.0 Å². The molecule has 2 amide bonds. The van der Waals surface area contributed by atoms with Gasteiger partial charge in [-0.3, -0.25) is 10.1 Å². The molecule has 1 aliphatic heterocycles. The minimum atomic E-state index is -0.562. The van der Waals surface area contributed by atoms with Gasteiger partial charge in [0.05, 0.1) is 18.8 Å². The van der Waals surface area contributed by atoms with Crippen LogP contribution in [0.4, 0.5) is 16.2 Å². The van der Waals surface area contributed by atoms with Crippen LogP contribution in [0, 0.1) is 0 Å². The van der Waals surface area contributed by atoms with E-state index >= 15 is 0 Å². The first-order valence-electron chi connectivity index (χ1n) is 12.9. The molecule has 14 heteroatoms. The summed E-state index contributed by atoms with van der Waals surface area (Å²) >= 11 is 12.8. The number of nitrogens with one attached hydrogen (secondary N) is 4. The number of rotatable bonds is 5. The summed E-state index contributed by atoms with van der Waals surface area (Å²) in [4.78, 5) is 32.7. The predicted octanol–water partition coefficient (Wildman–Crippen LogP) is 5.39. The number of H-pyrrole nitrogens is 1. The summed E-state index contributed by atoms with van der Waals surface area (Å²) in [6, 6.07) is 10.2. The van der Waals surface area contributed by atoms with Crippen LogP contribution in [0.3, 0.4) is 0 Å². The van der Waals surface area contributed by atoms with Gasteiger partial charge in [-0.05, 0) is 65.7 Å². The van der Waals surface area contributed by atoms with Crippen molar-refractivity contribution in [2.45, 2.75) is 31.7 Å². The SMILES string of the molecule is COC(=O)Nc1ccc2c(c1)NCCCCCC(NC(=O)C=Cc1cc(Cl)ccc1-n1cnnn1)c1nc-2c(Cl)[nH]1. The third-order valence-electron chi connectivity index (χ3n) is 6.52. The molecule has 41 heavy (non-hydrogen) atoms. The van der Waals surface area contributed by atoms with E-state index in [-0.39, 0.29) is 5.91 Å². The molecule has 5 rings (SSSR count). The van der Waals surface area contributed by atoms with Crippen LogP contribution in [-0.2, 0) is 9.53 Å². The molecule has 4 aromatic rings. The quantitative estimate of drug-likeness (QED) is 0.224. The fraction of sp³-hybridized carbons (Fsp3) is 0.259. The van der Waals surface area contributed by atoms with Crippen molar-refractivity contribution in [3.05, 3.63) is 70.4 Å². The zero-order valence-corrected chi connectivity index (χ0v) is 23.5. The van der Waals surface area contributed by atoms with Crippen molar-refractivity contribution >= 4 is 52.7 Å². The third kappa shape index (κ3) is 6.84. The first-order valence-corrected chi connectivity index (χ1v) is 13.7. The second-order valence-corrected chi connectivity index (χ2v) is 10.1. The van der Waals surface area contributed by atoms with Gasteiger partial charge in [-0.1, -0.05) is 36.0 Å². The van der Waals surface area contributed by atoms with Crippen LogP contribution in [0.2, 0.25) is 10.2 Å². The van der Waals surface area contributed by atoms with Crippen molar-refractivity contribution in [3.63, 3.8) is 0 Å². The minimum Gasteiger partial charge on any atom is -0.453 e.